The number of hydrogen-bond donors (Lipinski definition) is 1. The van der Waals surface area contributed by atoms with Crippen molar-refractivity contribution in [1.82, 2.24) is 15.0 Å². The average molecular weight is 392 g/mol. The summed E-state index contributed by atoms with van der Waals surface area (Å²) in [6, 6.07) is 11.6. The molecule has 0 radical (unpaired) electrons. The van der Waals surface area contributed by atoms with Gasteiger partial charge in [-0.1, -0.05) is 12.1 Å². The molecule has 0 unspecified atom stereocenters. The van der Waals surface area contributed by atoms with Gasteiger partial charge in [-0.05, 0) is 47.7 Å². The molecule has 4 rings (SSSR count). The summed E-state index contributed by atoms with van der Waals surface area (Å²) < 4.78 is 10.7. The van der Waals surface area contributed by atoms with Gasteiger partial charge in [0.2, 0.25) is 0 Å². The van der Waals surface area contributed by atoms with Gasteiger partial charge in [0.05, 0.1) is 19.6 Å². The molecule has 0 saturated heterocycles. The summed E-state index contributed by atoms with van der Waals surface area (Å²) >= 11 is 1.61. The monoisotopic (exact) mass is 392 g/mol. The van der Waals surface area contributed by atoms with Crippen LogP contribution in [0.3, 0.4) is 0 Å². The highest BCUT2D eigenvalue weighted by molar-refractivity contribution is 7.17. The van der Waals surface area contributed by atoms with Crippen LogP contribution < -0.4 is 14.8 Å². The molecule has 0 fully saturated rings. The van der Waals surface area contributed by atoms with Crippen molar-refractivity contribution in [3.05, 3.63) is 59.1 Å². The van der Waals surface area contributed by atoms with E-state index in [9.17, 15) is 0 Å². The quantitative estimate of drug-likeness (QED) is 0.513. The number of nitrogens with zero attached hydrogens (tertiary/aromatic N) is 3. The summed E-state index contributed by atoms with van der Waals surface area (Å²) in [5.41, 5.74) is 2.98. The second-order valence-electron chi connectivity index (χ2n) is 6.25. The van der Waals surface area contributed by atoms with Crippen molar-refractivity contribution >= 4 is 27.4 Å². The Morgan fingerprint density at radius 3 is 2.64 bits per heavy atom. The maximum atomic E-state index is 5.40. The van der Waals surface area contributed by atoms with Crippen LogP contribution in [0.5, 0.6) is 11.5 Å². The molecular weight excluding hydrogens is 372 g/mol. The van der Waals surface area contributed by atoms with Crippen LogP contribution in [-0.2, 0) is 6.54 Å². The zero-order valence-electron chi connectivity index (χ0n) is 15.9. The maximum Gasteiger partial charge on any atom is 0.181 e. The van der Waals surface area contributed by atoms with Crippen molar-refractivity contribution in [2.45, 2.75) is 13.5 Å². The first-order chi connectivity index (χ1) is 13.7. The van der Waals surface area contributed by atoms with Crippen LogP contribution in [0.4, 0.5) is 5.82 Å². The number of aromatic nitrogens is 3. The number of rotatable bonds is 6. The van der Waals surface area contributed by atoms with Gasteiger partial charge in [-0.25, -0.2) is 9.97 Å². The molecule has 0 aliphatic rings. The third kappa shape index (κ3) is 3.48. The Kier molecular flexibility index (Phi) is 5.08. The molecule has 0 amide bonds. The Labute approximate surface area is 167 Å². The second kappa shape index (κ2) is 7.82. The summed E-state index contributed by atoms with van der Waals surface area (Å²) in [6.45, 7) is 2.67. The van der Waals surface area contributed by atoms with Gasteiger partial charge in [0, 0.05) is 12.7 Å². The minimum Gasteiger partial charge on any atom is -0.493 e. The van der Waals surface area contributed by atoms with Crippen LogP contribution >= 0.6 is 11.3 Å². The lowest BCUT2D eigenvalue weighted by Gasteiger charge is -2.12. The lowest BCUT2D eigenvalue weighted by atomic mass is 10.2. The Hall–Kier alpha value is -3.19. The lowest BCUT2D eigenvalue weighted by Crippen LogP contribution is -2.05. The Balaban J connectivity index is 1.69. The molecule has 3 heterocycles. The number of fused-ring (bicyclic) bond motifs is 1. The van der Waals surface area contributed by atoms with E-state index in [0.29, 0.717) is 23.9 Å². The molecule has 0 bridgehead atoms. The number of thiophene rings is 1. The molecule has 1 N–H and O–H groups in total. The van der Waals surface area contributed by atoms with E-state index in [1.165, 1.54) is 0 Å². The standard InChI is InChI=1S/C21H20N4O2S/c1-13-12-28-21-18(13)20(24-19(25-21)15-6-4-5-9-22-15)23-11-14-7-8-16(26-2)17(10-14)27-3/h4-10,12H,11H2,1-3H3,(H,23,24,25). The molecule has 3 aromatic heterocycles. The molecule has 0 aliphatic heterocycles. The zero-order chi connectivity index (χ0) is 19.5. The molecule has 6 nitrogen and oxygen atoms in total. The number of nitrogens with one attached hydrogen (secondary N) is 1. The first-order valence-corrected chi connectivity index (χ1v) is 9.69. The predicted molar refractivity (Wildman–Crippen MR) is 112 cm³/mol. The highest BCUT2D eigenvalue weighted by atomic mass is 32.1. The van der Waals surface area contributed by atoms with E-state index in [1.54, 1.807) is 31.8 Å². The number of ether oxygens (including phenoxy) is 2. The van der Waals surface area contributed by atoms with Gasteiger partial charge >= 0.3 is 0 Å². The number of hydrogen-bond acceptors (Lipinski definition) is 7. The van der Waals surface area contributed by atoms with Crippen molar-refractivity contribution in [2.75, 3.05) is 19.5 Å². The average Bonchev–Trinajstić information content (AvgIpc) is 3.13. The number of methoxy groups -OCH3 is 2. The third-order valence-corrected chi connectivity index (χ3v) is 5.41. The molecule has 0 spiro atoms. The van der Waals surface area contributed by atoms with E-state index in [4.69, 9.17) is 19.4 Å². The molecule has 4 aromatic rings. The fourth-order valence-corrected chi connectivity index (χ4v) is 3.92. The first kappa shape index (κ1) is 18.2. The van der Waals surface area contributed by atoms with E-state index in [-0.39, 0.29) is 0 Å². The lowest BCUT2D eigenvalue weighted by molar-refractivity contribution is 0.354. The highest BCUT2D eigenvalue weighted by Gasteiger charge is 2.14. The zero-order valence-corrected chi connectivity index (χ0v) is 16.7. The Morgan fingerprint density at radius 1 is 1.04 bits per heavy atom. The normalized spacial score (nSPS) is 10.8. The Bertz CT molecular complexity index is 1110. The Morgan fingerprint density at radius 2 is 1.89 bits per heavy atom. The van der Waals surface area contributed by atoms with Gasteiger partial charge < -0.3 is 14.8 Å². The van der Waals surface area contributed by atoms with Crippen LogP contribution in [0.25, 0.3) is 21.7 Å². The van der Waals surface area contributed by atoms with Crippen molar-refractivity contribution < 1.29 is 9.47 Å². The molecule has 0 atom stereocenters. The number of benzene rings is 1. The minimum absolute atomic E-state index is 0.601. The van der Waals surface area contributed by atoms with Crippen LogP contribution in [0.15, 0.2) is 48.0 Å². The van der Waals surface area contributed by atoms with E-state index >= 15 is 0 Å². The predicted octanol–water partition coefficient (Wildman–Crippen LogP) is 4.69. The van der Waals surface area contributed by atoms with Crippen LogP contribution in [0, 0.1) is 6.92 Å². The van der Waals surface area contributed by atoms with Crippen molar-refractivity contribution in [3.63, 3.8) is 0 Å². The van der Waals surface area contributed by atoms with Gasteiger partial charge in [-0.3, -0.25) is 4.98 Å². The largest absolute Gasteiger partial charge is 0.493 e. The van der Waals surface area contributed by atoms with Gasteiger partial charge in [-0.15, -0.1) is 11.3 Å². The topological polar surface area (TPSA) is 69.2 Å². The van der Waals surface area contributed by atoms with Crippen LogP contribution in [0.1, 0.15) is 11.1 Å². The molecule has 7 heteroatoms. The highest BCUT2D eigenvalue weighted by Crippen LogP contribution is 2.32. The summed E-state index contributed by atoms with van der Waals surface area (Å²) in [7, 11) is 3.27. The van der Waals surface area contributed by atoms with Crippen molar-refractivity contribution in [1.29, 1.82) is 0 Å². The SMILES string of the molecule is COc1ccc(CNc2nc(-c3ccccn3)nc3scc(C)c23)cc1OC. The fourth-order valence-electron chi connectivity index (χ4n) is 3.00. The summed E-state index contributed by atoms with van der Waals surface area (Å²) in [5, 5.41) is 6.61. The minimum atomic E-state index is 0.601. The molecule has 28 heavy (non-hydrogen) atoms. The van der Waals surface area contributed by atoms with Gasteiger partial charge in [0.25, 0.3) is 0 Å². The smallest absolute Gasteiger partial charge is 0.181 e. The van der Waals surface area contributed by atoms with Gasteiger partial charge in [0.15, 0.2) is 17.3 Å². The summed E-state index contributed by atoms with van der Waals surface area (Å²) in [4.78, 5) is 14.8. The molecule has 1 aromatic carbocycles. The second-order valence-corrected chi connectivity index (χ2v) is 7.11. The molecule has 0 aliphatic carbocycles. The number of aryl methyl sites for hydroxylation is 1. The third-order valence-electron chi connectivity index (χ3n) is 4.42. The number of pyridine rings is 1. The first-order valence-electron chi connectivity index (χ1n) is 8.81. The molecular formula is C21H20N4O2S. The van der Waals surface area contributed by atoms with E-state index < -0.39 is 0 Å². The van der Waals surface area contributed by atoms with E-state index in [1.807, 2.05) is 36.4 Å². The molecule has 0 saturated carbocycles. The number of anilines is 1. The van der Waals surface area contributed by atoms with Gasteiger partial charge in [-0.2, -0.15) is 0 Å². The van der Waals surface area contributed by atoms with E-state index in [0.717, 1.165) is 32.9 Å². The van der Waals surface area contributed by atoms with Gasteiger partial charge in [0.1, 0.15) is 16.3 Å². The summed E-state index contributed by atoms with van der Waals surface area (Å²) in [5.74, 6) is 2.83. The van der Waals surface area contributed by atoms with Crippen LogP contribution in [-0.4, -0.2) is 29.2 Å². The van der Waals surface area contributed by atoms with Crippen molar-refractivity contribution in [2.24, 2.45) is 0 Å². The van der Waals surface area contributed by atoms with Crippen LogP contribution in [0.2, 0.25) is 0 Å². The fraction of sp³-hybridized carbons (Fsp3) is 0.190. The van der Waals surface area contributed by atoms with E-state index in [2.05, 4.69) is 22.6 Å². The maximum absolute atomic E-state index is 5.40. The molecule has 142 valence electrons. The van der Waals surface area contributed by atoms with Crippen molar-refractivity contribution in [3.8, 4) is 23.0 Å². The summed E-state index contributed by atoms with van der Waals surface area (Å²) in [6.07, 6.45) is 1.75.